The van der Waals surface area contributed by atoms with Crippen molar-refractivity contribution in [1.82, 2.24) is 9.78 Å². The van der Waals surface area contributed by atoms with Crippen LogP contribution in [0.3, 0.4) is 0 Å². The number of aromatic nitrogens is 2. The fourth-order valence-corrected chi connectivity index (χ4v) is 1.98. The predicted molar refractivity (Wildman–Crippen MR) is 72.3 cm³/mol. The lowest BCUT2D eigenvalue weighted by Gasteiger charge is -2.03. The van der Waals surface area contributed by atoms with Gasteiger partial charge in [0, 0.05) is 24.1 Å². The highest BCUT2D eigenvalue weighted by molar-refractivity contribution is 5.98. The summed E-state index contributed by atoms with van der Waals surface area (Å²) in [6, 6.07) is 10.9. The molecular weight excluding hydrogens is 240 g/mol. The van der Waals surface area contributed by atoms with Crippen LogP contribution < -0.4 is 0 Å². The van der Waals surface area contributed by atoms with Crippen molar-refractivity contribution in [2.24, 2.45) is 0 Å². The molecule has 0 spiro atoms. The molecule has 0 aliphatic heterocycles. The molecule has 98 valence electrons. The largest absolute Gasteiger partial charge is 0.294 e. The Morgan fingerprint density at radius 2 is 1.79 bits per heavy atom. The number of ketones is 1. The fraction of sp³-hybridized carbons (Fsp3) is 0.267. The average molecular weight is 256 g/mol. The summed E-state index contributed by atoms with van der Waals surface area (Å²) in [7, 11) is 0. The van der Waals surface area contributed by atoms with Gasteiger partial charge in [0.1, 0.15) is 0 Å². The molecule has 0 radical (unpaired) electrons. The van der Waals surface area contributed by atoms with E-state index in [0.29, 0.717) is 5.56 Å². The zero-order chi connectivity index (χ0) is 13.8. The molecule has 4 nitrogen and oxygen atoms in total. The first kappa shape index (κ1) is 13.2. The lowest BCUT2D eigenvalue weighted by atomic mass is 10.1. The number of rotatable bonds is 4. The van der Waals surface area contributed by atoms with Gasteiger partial charge in [-0.2, -0.15) is 5.10 Å². The smallest absolute Gasteiger partial charge is 0.247 e. The predicted octanol–water partition coefficient (Wildman–Crippen LogP) is 2.80. The van der Waals surface area contributed by atoms with Crippen LogP contribution in [0.5, 0.6) is 0 Å². The van der Waals surface area contributed by atoms with Gasteiger partial charge in [0.25, 0.3) is 0 Å². The fourth-order valence-electron chi connectivity index (χ4n) is 1.98. The zero-order valence-electron chi connectivity index (χ0n) is 11.1. The lowest BCUT2D eigenvalue weighted by Crippen LogP contribution is -2.15. The molecule has 2 rings (SSSR count). The topological polar surface area (TPSA) is 52.0 Å². The summed E-state index contributed by atoms with van der Waals surface area (Å²) in [5.74, 6) is -0.162. The summed E-state index contributed by atoms with van der Waals surface area (Å²) in [6.07, 6.45) is 0.386. The standard InChI is InChI=1S/C15H16N2O2/c1-11-10-12(2)17(16-11)15(19)9-8-14(18)13-6-4-3-5-7-13/h3-7,10H,8-9H2,1-2H3. The first-order valence-electron chi connectivity index (χ1n) is 6.22. The van der Waals surface area contributed by atoms with E-state index in [4.69, 9.17) is 0 Å². The average Bonchev–Trinajstić information content (AvgIpc) is 2.75. The molecule has 0 N–H and O–H groups in total. The van der Waals surface area contributed by atoms with Crippen LogP contribution in [0.25, 0.3) is 0 Å². The Balaban J connectivity index is 1.98. The van der Waals surface area contributed by atoms with E-state index in [1.54, 1.807) is 12.1 Å². The van der Waals surface area contributed by atoms with E-state index < -0.39 is 0 Å². The number of nitrogens with zero attached hydrogens (tertiary/aromatic N) is 2. The minimum atomic E-state index is -0.144. The summed E-state index contributed by atoms with van der Waals surface area (Å²) in [6.45, 7) is 3.67. The van der Waals surface area contributed by atoms with Gasteiger partial charge in [0.15, 0.2) is 5.78 Å². The van der Waals surface area contributed by atoms with Crippen molar-refractivity contribution >= 4 is 11.7 Å². The first-order valence-corrected chi connectivity index (χ1v) is 6.22. The maximum absolute atomic E-state index is 12.0. The monoisotopic (exact) mass is 256 g/mol. The summed E-state index contributed by atoms with van der Waals surface area (Å²) in [4.78, 5) is 23.9. The van der Waals surface area contributed by atoms with E-state index in [2.05, 4.69) is 5.10 Å². The SMILES string of the molecule is Cc1cc(C)n(C(=O)CCC(=O)c2ccccc2)n1. The zero-order valence-corrected chi connectivity index (χ0v) is 11.1. The highest BCUT2D eigenvalue weighted by Crippen LogP contribution is 2.08. The van der Waals surface area contributed by atoms with E-state index >= 15 is 0 Å². The molecule has 1 aromatic carbocycles. The number of aryl methyl sites for hydroxylation is 2. The Hall–Kier alpha value is -2.23. The third kappa shape index (κ3) is 3.16. The molecule has 0 aliphatic carbocycles. The summed E-state index contributed by atoms with van der Waals surface area (Å²) < 4.78 is 1.37. The van der Waals surface area contributed by atoms with Crippen LogP contribution in [-0.2, 0) is 0 Å². The summed E-state index contributed by atoms with van der Waals surface area (Å²) in [5.41, 5.74) is 2.25. The van der Waals surface area contributed by atoms with Crippen molar-refractivity contribution < 1.29 is 9.59 Å². The second kappa shape index (κ2) is 5.61. The Morgan fingerprint density at radius 1 is 1.11 bits per heavy atom. The van der Waals surface area contributed by atoms with E-state index in [0.717, 1.165) is 11.4 Å². The van der Waals surface area contributed by atoms with Gasteiger partial charge < -0.3 is 0 Å². The number of benzene rings is 1. The van der Waals surface area contributed by atoms with Crippen LogP contribution in [0.15, 0.2) is 36.4 Å². The van der Waals surface area contributed by atoms with Crippen molar-refractivity contribution in [3.05, 3.63) is 53.3 Å². The molecule has 4 heteroatoms. The minimum Gasteiger partial charge on any atom is -0.294 e. The third-order valence-corrected chi connectivity index (χ3v) is 2.91. The summed E-state index contributed by atoms with van der Waals surface area (Å²) in [5, 5.41) is 4.12. The molecule has 0 atom stereocenters. The number of carbonyl (C=O) groups excluding carboxylic acids is 2. The Bertz CT molecular complexity index is 600. The highest BCUT2D eigenvalue weighted by Gasteiger charge is 2.13. The maximum Gasteiger partial charge on any atom is 0.247 e. The Morgan fingerprint density at radius 3 is 2.37 bits per heavy atom. The highest BCUT2D eigenvalue weighted by atomic mass is 16.2. The van der Waals surface area contributed by atoms with Crippen molar-refractivity contribution in [3.63, 3.8) is 0 Å². The van der Waals surface area contributed by atoms with Gasteiger partial charge in [0.2, 0.25) is 5.91 Å². The molecule has 0 fully saturated rings. The molecule has 0 saturated carbocycles. The van der Waals surface area contributed by atoms with E-state index in [-0.39, 0.29) is 24.5 Å². The third-order valence-electron chi connectivity index (χ3n) is 2.91. The van der Waals surface area contributed by atoms with Crippen molar-refractivity contribution in [2.45, 2.75) is 26.7 Å². The van der Waals surface area contributed by atoms with Crippen LogP contribution in [-0.4, -0.2) is 21.5 Å². The molecule has 1 heterocycles. The molecule has 0 unspecified atom stereocenters. The van der Waals surface area contributed by atoms with Crippen LogP contribution in [0.4, 0.5) is 0 Å². The van der Waals surface area contributed by atoms with Crippen LogP contribution in [0.1, 0.15) is 39.4 Å². The molecule has 2 aromatic rings. The van der Waals surface area contributed by atoms with E-state index in [9.17, 15) is 9.59 Å². The second-order valence-electron chi connectivity index (χ2n) is 4.52. The van der Waals surface area contributed by atoms with Crippen LogP contribution in [0.2, 0.25) is 0 Å². The quantitative estimate of drug-likeness (QED) is 0.790. The molecule has 1 aromatic heterocycles. The molecule has 0 aliphatic rings. The molecule has 19 heavy (non-hydrogen) atoms. The maximum atomic E-state index is 12.0. The molecule has 0 amide bonds. The molecule has 0 bridgehead atoms. The number of carbonyl (C=O) groups is 2. The van der Waals surface area contributed by atoms with Crippen molar-refractivity contribution in [1.29, 1.82) is 0 Å². The Labute approximate surface area is 112 Å². The van der Waals surface area contributed by atoms with Crippen molar-refractivity contribution in [3.8, 4) is 0 Å². The van der Waals surface area contributed by atoms with Gasteiger partial charge in [-0.25, -0.2) is 4.68 Å². The van der Waals surface area contributed by atoms with E-state index in [1.807, 2.05) is 38.1 Å². The van der Waals surface area contributed by atoms with E-state index in [1.165, 1.54) is 4.68 Å². The van der Waals surface area contributed by atoms with Gasteiger partial charge >= 0.3 is 0 Å². The Kier molecular flexibility index (Phi) is 3.90. The van der Waals surface area contributed by atoms with Crippen LogP contribution in [0, 0.1) is 13.8 Å². The lowest BCUT2D eigenvalue weighted by molar-refractivity contribution is 0.0849. The van der Waals surface area contributed by atoms with Gasteiger partial charge in [-0.3, -0.25) is 9.59 Å². The van der Waals surface area contributed by atoms with Gasteiger partial charge in [-0.05, 0) is 19.9 Å². The normalized spacial score (nSPS) is 10.4. The number of hydrogen-bond donors (Lipinski definition) is 0. The van der Waals surface area contributed by atoms with Gasteiger partial charge in [0.05, 0.1) is 5.69 Å². The second-order valence-corrected chi connectivity index (χ2v) is 4.52. The number of hydrogen-bond acceptors (Lipinski definition) is 3. The first-order chi connectivity index (χ1) is 9.08. The van der Waals surface area contributed by atoms with Crippen molar-refractivity contribution in [2.75, 3.05) is 0 Å². The van der Waals surface area contributed by atoms with Crippen LogP contribution >= 0.6 is 0 Å². The molecule has 0 saturated heterocycles. The summed E-state index contributed by atoms with van der Waals surface area (Å²) >= 11 is 0. The minimum absolute atomic E-state index is 0.0181. The van der Waals surface area contributed by atoms with Gasteiger partial charge in [-0.1, -0.05) is 30.3 Å². The number of Topliss-reactive ketones (excluding diaryl/α,β-unsaturated/α-hetero) is 1. The van der Waals surface area contributed by atoms with Gasteiger partial charge in [-0.15, -0.1) is 0 Å². The molecular formula is C15H16N2O2.